The molecule has 0 fully saturated rings. The van der Waals surface area contributed by atoms with Crippen molar-refractivity contribution in [2.75, 3.05) is 5.32 Å². The molecule has 0 bridgehead atoms. The highest BCUT2D eigenvalue weighted by atomic mass is 32.1. The molecule has 5 nitrogen and oxygen atoms in total. The second-order valence-corrected chi connectivity index (χ2v) is 8.37. The second-order valence-electron chi connectivity index (χ2n) is 7.99. The fraction of sp³-hybridized carbons (Fsp3) is 0.231. The van der Waals surface area contributed by atoms with E-state index in [4.69, 9.17) is 16.6 Å². The number of nitrogens with one attached hydrogen (secondary N) is 2. The maximum absolute atomic E-state index is 12.9. The van der Waals surface area contributed by atoms with E-state index in [1.165, 1.54) is 5.56 Å². The lowest BCUT2D eigenvalue weighted by atomic mass is 10.0. The van der Waals surface area contributed by atoms with Crippen LogP contribution in [-0.4, -0.2) is 15.0 Å². The summed E-state index contributed by atoms with van der Waals surface area (Å²) in [5.41, 5.74) is 5.77. The van der Waals surface area contributed by atoms with Gasteiger partial charge in [0.2, 0.25) is 0 Å². The van der Waals surface area contributed by atoms with E-state index in [1.807, 2.05) is 54.3 Å². The van der Waals surface area contributed by atoms with Crippen LogP contribution in [0.15, 0.2) is 70.1 Å². The number of aromatic nitrogens is 1. The number of rotatable bonds is 6. The molecule has 0 atom stereocenters. The summed E-state index contributed by atoms with van der Waals surface area (Å²) in [6.45, 7) is 6.99. The van der Waals surface area contributed by atoms with Crippen LogP contribution in [0.5, 0.6) is 0 Å². The van der Waals surface area contributed by atoms with E-state index in [9.17, 15) is 4.79 Å². The molecule has 0 saturated heterocycles. The van der Waals surface area contributed by atoms with Crippen molar-refractivity contribution < 1.29 is 4.42 Å². The molecule has 2 aromatic carbocycles. The van der Waals surface area contributed by atoms with Crippen LogP contribution in [0.2, 0.25) is 0 Å². The lowest BCUT2D eigenvalue weighted by Gasteiger charge is -2.26. The number of anilines is 1. The first-order valence-electron chi connectivity index (χ1n) is 10.7. The molecule has 0 unspecified atom stereocenters. The van der Waals surface area contributed by atoms with Gasteiger partial charge in [0, 0.05) is 16.6 Å². The molecule has 0 aliphatic rings. The molecule has 4 rings (SSSR count). The Bertz CT molecular complexity index is 1310. The van der Waals surface area contributed by atoms with Gasteiger partial charge in [-0.1, -0.05) is 37.3 Å². The van der Waals surface area contributed by atoms with Crippen molar-refractivity contribution in [1.82, 2.24) is 9.88 Å². The number of fused-ring (bicyclic) bond motifs is 1. The highest BCUT2D eigenvalue weighted by Crippen LogP contribution is 2.22. The van der Waals surface area contributed by atoms with Gasteiger partial charge < -0.3 is 19.6 Å². The second kappa shape index (κ2) is 9.40. The van der Waals surface area contributed by atoms with Gasteiger partial charge in [0.1, 0.15) is 5.76 Å². The first-order chi connectivity index (χ1) is 15.5. The van der Waals surface area contributed by atoms with E-state index in [1.54, 1.807) is 6.26 Å². The number of furan rings is 1. The normalized spacial score (nSPS) is 11.0. The Kier molecular flexibility index (Phi) is 6.42. The van der Waals surface area contributed by atoms with Crippen LogP contribution in [-0.2, 0) is 19.5 Å². The number of thiocarbonyl (C=S) groups is 1. The summed E-state index contributed by atoms with van der Waals surface area (Å²) in [7, 11) is 0. The van der Waals surface area contributed by atoms with E-state index >= 15 is 0 Å². The van der Waals surface area contributed by atoms with Gasteiger partial charge in [-0.15, -0.1) is 0 Å². The number of nitrogens with zero attached hydrogens (tertiary/aromatic N) is 1. The number of H-pyrrole nitrogens is 1. The summed E-state index contributed by atoms with van der Waals surface area (Å²) in [6.07, 6.45) is 2.54. The fourth-order valence-corrected chi connectivity index (χ4v) is 4.12. The predicted octanol–water partition coefficient (Wildman–Crippen LogP) is 5.70. The Hall–Kier alpha value is -3.38. The lowest BCUT2D eigenvalue weighted by molar-refractivity contribution is 0.359. The minimum absolute atomic E-state index is 0.104. The highest BCUT2D eigenvalue weighted by molar-refractivity contribution is 7.80. The van der Waals surface area contributed by atoms with Crippen molar-refractivity contribution in [1.29, 1.82) is 0 Å². The lowest BCUT2D eigenvalue weighted by Crippen LogP contribution is -2.35. The van der Waals surface area contributed by atoms with Crippen LogP contribution in [0.4, 0.5) is 5.69 Å². The first kappa shape index (κ1) is 21.8. The number of para-hydroxylation sites is 1. The molecule has 0 radical (unpaired) electrons. The standard InChI is InChI=1S/C26H27N3O2S/c1-4-19-8-5-6-10-23(19)27-26(32)29(16-21-9-7-13-31-21)15-20-14-22-17(2)11-12-18(3)24(22)28-25(20)30/h5-14H,4,15-16H2,1-3H3,(H,27,32)(H,28,30). The Morgan fingerprint density at radius 1 is 1.03 bits per heavy atom. The van der Waals surface area contributed by atoms with Crippen LogP contribution in [0.25, 0.3) is 10.9 Å². The molecule has 164 valence electrons. The van der Waals surface area contributed by atoms with Gasteiger partial charge >= 0.3 is 0 Å². The number of hydrogen-bond donors (Lipinski definition) is 2. The average molecular weight is 446 g/mol. The van der Waals surface area contributed by atoms with Gasteiger partial charge in [-0.3, -0.25) is 4.79 Å². The zero-order chi connectivity index (χ0) is 22.7. The van der Waals surface area contributed by atoms with Crippen molar-refractivity contribution in [3.8, 4) is 0 Å². The average Bonchev–Trinajstić information content (AvgIpc) is 3.30. The Balaban J connectivity index is 1.68. The van der Waals surface area contributed by atoms with E-state index in [-0.39, 0.29) is 5.56 Å². The molecule has 2 aromatic heterocycles. The minimum Gasteiger partial charge on any atom is -0.467 e. The Labute approximate surface area is 193 Å². The van der Waals surface area contributed by atoms with E-state index < -0.39 is 0 Å². The van der Waals surface area contributed by atoms with Gasteiger partial charge in [-0.05, 0) is 73.4 Å². The van der Waals surface area contributed by atoms with Crippen molar-refractivity contribution in [2.45, 2.75) is 40.3 Å². The molecule has 2 N–H and O–H groups in total. The number of aromatic amines is 1. The molecule has 0 aliphatic carbocycles. The molecule has 32 heavy (non-hydrogen) atoms. The summed E-state index contributed by atoms with van der Waals surface area (Å²) in [4.78, 5) is 18.0. The molecule has 0 amide bonds. The van der Waals surface area contributed by atoms with Crippen LogP contribution < -0.4 is 10.9 Å². The number of pyridine rings is 1. The monoisotopic (exact) mass is 445 g/mol. The molecule has 0 saturated carbocycles. The van der Waals surface area contributed by atoms with E-state index in [2.05, 4.69) is 36.3 Å². The maximum atomic E-state index is 12.9. The molecule has 4 aromatic rings. The summed E-state index contributed by atoms with van der Waals surface area (Å²) in [5, 5.41) is 4.97. The number of hydrogen-bond acceptors (Lipinski definition) is 3. The van der Waals surface area contributed by atoms with Gasteiger partial charge in [0.25, 0.3) is 5.56 Å². The number of aryl methyl sites for hydroxylation is 3. The van der Waals surface area contributed by atoms with Crippen LogP contribution in [0.3, 0.4) is 0 Å². The van der Waals surface area contributed by atoms with Crippen LogP contribution >= 0.6 is 12.2 Å². The molecule has 0 spiro atoms. The SMILES string of the molecule is CCc1ccccc1NC(=S)N(Cc1ccco1)Cc1cc2c(C)ccc(C)c2[nH]c1=O. The first-order valence-corrected chi connectivity index (χ1v) is 11.2. The highest BCUT2D eigenvalue weighted by Gasteiger charge is 2.17. The smallest absolute Gasteiger partial charge is 0.253 e. The molecular weight excluding hydrogens is 418 g/mol. The molecule has 6 heteroatoms. The van der Waals surface area contributed by atoms with Gasteiger partial charge in [0.05, 0.1) is 24.9 Å². The summed E-state index contributed by atoms with van der Waals surface area (Å²) < 4.78 is 5.57. The molecule has 0 aliphatic heterocycles. The zero-order valence-corrected chi connectivity index (χ0v) is 19.4. The Morgan fingerprint density at radius 2 is 1.81 bits per heavy atom. The minimum atomic E-state index is -0.104. The number of benzene rings is 2. The summed E-state index contributed by atoms with van der Waals surface area (Å²) in [6, 6.07) is 18.0. The Morgan fingerprint density at radius 3 is 2.56 bits per heavy atom. The maximum Gasteiger partial charge on any atom is 0.253 e. The van der Waals surface area contributed by atoms with Crippen molar-refractivity contribution in [3.05, 3.63) is 99.2 Å². The summed E-state index contributed by atoms with van der Waals surface area (Å²) in [5.74, 6) is 0.780. The van der Waals surface area contributed by atoms with Gasteiger partial charge in [-0.25, -0.2) is 0 Å². The molecular formula is C26H27N3O2S. The van der Waals surface area contributed by atoms with Crippen LogP contribution in [0, 0.1) is 13.8 Å². The summed E-state index contributed by atoms with van der Waals surface area (Å²) >= 11 is 5.78. The molecule has 2 heterocycles. The third kappa shape index (κ3) is 4.60. The third-order valence-electron chi connectivity index (χ3n) is 5.74. The van der Waals surface area contributed by atoms with Crippen molar-refractivity contribution in [3.63, 3.8) is 0 Å². The van der Waals surface area contributed by atoms with Gasteiger partial charge in [0.15, 0.2) is 5.11 Å². The van der Waals surface area contributed by atoms with Crippen molar-refractivity contribution >= 4 is 33.9 Å². The van der Waals surface area contributed by atoms with E-state index in [0.717, 1.165) is 39.9 Å². The zero-order valence-electron chi connectivity index (χ0n) is 18.6. The largest absolute Gasteiger partial charge is 0.467 e. The van der Waals surface area contributed by atoms with Crippen molar-refractivity contribution in [2.24, 2.45) is 0 Å². The predicted molar refractivity (Wildman–Crippen MR) is 134 cm³/mol. The quantitative estimate of drug-likeness (QED) is 0.373. The van der Waals surface area contributed by atoms with Crippen LogP contribution in [0.1, 0.15) is 34.9 Å². The van der Waals surface area contributed by atoms with E-state index in [0.29, 0.717) is 23.8 Å². The fourth-order valence-electron chi connectivity index (χ4n) is 3.88. The third-order valence-corrected chi connectivity index (χ3v) is 6.10. The van der Waals surface area contributed by atoms with Gasteiger partial charge in [-0.2, -0.15) is 0 Å². The topological polar surface area (TPSA) is 61.3 Å².